The molecule has 1 fully saturated rings. The normalized spacial score (nSPS) is 16.9. The maximum atomic E-state index is 12.8. The van der Waals surface area contributed by atoms with E-state index in [-0.39, 0.29) is 18.0 Å². The first-order chi connectivity index (χ1) is 11.7. The van der Waals surface area contributed by atoms with Crippen LogP contribution in [0.3, 0.4) is 0 Å². The van der Waals surface area contributed by atoms with Gasteiger partial charge >= 0.3 is 6.01 Å². The maximum absolute atomic E-state index is 12.8. The fourth-order valence-electron chi connectivity index (χ4n) is 2.49. The van der Waals surface area contributed by atoms with Crippen LogP contribution in [0.25, 0.3) is 0 Å². The molecule has 126 valence electrons. The summed E-state index contributed by atoms with van der Waals surface area (Å²) in [5, 5.41) is 0. The van der Waals surface area contributed by atoms with Crippen molar-refractivity contribution >= 4 is 5.91 Å². The summed E-state index contributed by atoms with van der Waals surface area (Å²) in [5.74, 6) is -0.348. The molecule has 2 aromatic heterocycles. The lowest BCUT2D eigenvalue weighted by atomic mass is 10.2. The number of ether oxygens (including phenoxy) is 2. The van der Waals surface area contributed by atoms with Gasteiger partial charge in [0, 0.05) is 19.2 Å². The number of hydrogen-bond acceptors (Lipinski definition) is 6. The van der Waals surface area contributed by atoms with E-state index in [1.165, 1.54) is 0 Å². The third kappa shape index (κ3) is 3.58. The average Bonchev–Trinajstić information content (AvgIpc) is 3.06. The van der Waals surface area contributed by atoms with Crippen molar-refractivity contribution in [1.82, 2.24) is 19.9 Å². The molecule has 3 rings (SSSR count). The number of nitrogens with zero attached hydrogens (tertiary/aromatic N) is 4. The van der Waals surface area contributed by atoms with Crippen molar-refractivity contribution in [1.29, 1.82) is 0 Å². The van der Waals surface area contributed by atoms with Crippen LogP contribution in [-0.4, -0.2) is 51.6 Å². The van der Waals surface area contributed by atoms with E-state index in [2.05, 4.69) is 15.0 Å². The number of halogens is 1. The van der Waals surface area contributed by atoms with Gasteiger partial charge in [-0.1, -0.05) is 0 Å². The zero-order valence-corrected chi connectivity index (χ0v) is 13.2. The van der Waals surface area contributed by atoms with Crippen molar-refractivity contribution in [2.75, 3.05) is 19.7 Å². The summed E-state index contributed by atoms with van der Waals surface area (Å²) in [5.41, 5.74) is 0.429. The number of hydrogen-bond donors (Lipinski definition) is 0. The predicted molar refractivity (Wildman–Crippen MR) is 82.3 cm³/mol. The van der Waals surface area contributed by atoms with Gasteiger partial charge in [-0.3, -0.25) is 4.79 Å². The molecule has 0 N–H and O–H groups in total. The molecule has 1 saturated heterocycles. The highest BCUT2D eigenvalue weighted by atomic mass is 19.1. The van der Waals surface area contributed by atoms with Gasteiger partial charge in [-0.25, -0.2) is 19.3 Å². The van der Waals surface area contributed by atoms with Crippen LogP contribution in [0.1, 0.15) is 23.7 Å². The Balaban J connectivity index is 1.65. The van der Waals surface area contributed by atoms with E-state index in [1.807, 2.05) is 6.92 Å². The van der Waals surface area contributed by atoms with Crippen molar-refractivity contribution in [3.05, 3.63) is 42.1 Å². The molecule has 2 aromatic rings. The molecule has 7 nitrogen and oxygen atoms in total. The highest BCUT2D eigenvalue weighted by Crippen LogP contribution is 2.21. The summed E-state index contributed by atoms with van der Waals surface area (Å²) in [4.78, 5) is 26.0. The molecule has 0 bridgehead atoms. The van der Waals surface area contributed by atoms with Gasteiger partial charge in [0.25, 0.3) is 5.91 Å². The average molecular weight is 332 g/mol. The van der Waals surface area contributed by atoms with Crippen LogP contribution in [-0.2, 0) is 0 Å². The van der Waals surface area contributed by atoms with Crippen LogP contribution in [0.2, 0.25) is 0 Å². The van der Waals surface area contributed by atoms with Gasteiger partial charge in [-0.05, 0) is 19.1 Å². The number of carbonyl (C=O) groups excluding carboxylic acids is 1. The third-order valence-corrected chi connectivity index (χ3v) is 3.58. The Bertz CT molecular complexity index is 711. The number of aromatic nitrogens is 3. The van der Waals surface area contributed by atoms with E-state index in [0.717, 1.165) is 12.4 Å². The van der Waals surface area contributed by atoms with E-state index >= 15 is 0 Å². The summed E-state index contributed by atoms with van der Waals surface area (Å²) in [6.07, 6.45) is 4.10. The Morgan fingerprint density at radius 1 is 1.38 bits per heavy atom. The van der Waals surface area contributed by atoms with Gasteiger partial charge in [0.1, 0.15) is 11.7 Å². The molecule has 0 aromatic carbocycles. The SMILES string of the molecule is CCOc1ncccc1C(=O)N1CC[C@H](Oc2ncc(F)cn2)C1. The summed E-state index contributed by atoms with van der Waals surface area (Å²) in [7, 11) is 0. The van der Waals surface area contributed by atoms with Gasteiger partial charge in [0.2, 0.25) is 5.88 Å². The zero-order chi connectivity index (χ0) is 16.9. The van der Waals surface area contributed by atoms with Gasteiger partial charge in [0.05, 0.1) is 25.5 Å². The number of rotatable bonds is 5. The summed E-state index contributed by atoms with van der Waals surface area (Å²) in [6, 6.07) is 3.50. The van der Waals surface area contributed by atoms with Crippen LogP contribution in [0.5, 0.6) is 11.9 Å². The third-order valence-electron chi connectivity index (χ3n) is 3.58. The largest absolute Gasteiger partial charge is 0.477 e. The lowest BCUT2D eigenvalue weighted by molar-refractivity contribution is 0.0764. The lowest BCUT2D eigenvalue weighted by Gasteiger charge is -2.18. The zero-order valence-electron chi connectivity index (χ0n) is 13.2. The molecule has 1 atom stereocenters. The van der Waals surface area contributed by atoms with Crippen molar-refractivity contribution in [2.45, 2.75) is 19.4 Å². The van der Waals surface area contributed by atoms with Crippen molar-refractivity contribution in [3.8, 4) is 11.9 Å². The highest BCUT2D eigenvalue weighted by molar-refractivity contribution is 5.96. The summed E-state index contributed by atoms with van der Waals surface area (Å²) < 4.78 is 23.8. The molecule has 0 radical (unpaired) electrons. The second-order valence-corrected chi connectivity index (χ2v) is 5.25. The Kier molecular flexibility index (Phi) is 4.83. The van der Waals surface area contributed by atoms with Crippen molar-refractivity contribution in [3.63, 3.8) is 0 Å². The number of carbonyl (C=O) groups is 1. The molecule has 1 aliphatic rings. The van der Waals surface area contributed by atoms with E-state index < -0.39 is 5.82 Å². The molecule has 0 unspecified atom stereocenters. The van der Waals surface area contributed by atoms with Crippen LogP contribution < -0.4 is 9.47 Å². The van der Waals surface area contributed by atoms with Crippen LogP contribution >= 0.6 is 0 Å². The van der Waals surface area contributed by atoms with E-state index in [4.69, 9.17) is 9.47 Å². The fourth-order valence-corrected chi connectivity index (χ4v) is 2.49. The minimum absolute atomic E-state index is 0.104. The Morgan fingerprint density at radius 3 is 2.92 bits per heavy atom. The smallest absolute Gasteiger partial charge is 0.316 e. The lowest BCUT2D eigenvalue weighted by Crippen LogP contribution is -2.31. The molecular formula is C16H17FN4O3. The second kappa shape index (κ2) is 7.20. The number of pyridine rings is 1. The summed E-state index contributed by atoms with van der Waals surface area (Å²) in [6.45, 7) is 3.22. The molecule has 0 aliphatic carbocycles. The van der Waals surface area contributed by atoms with Crippen molar-refractivity contribution in [2.24, 2.45) is 0 Å². The Labute approximate surface area is 138 Å². The van der Waals surface area contributed by atoms with Gasteiger partial charge in [-0.2, -0.15) is 0 Å². The highest BCUT2D eigenvalue weighted by Gasteiger charge is 2.30. The van der Waals surface area contributed by atoms with E-state index in [9.17, 15) is 9.18 Å². The standard InChI is InChI=1S/C16H17FN4O3/c1-2-23-14-13(4-3-6-18-14)15(22)21-7-5-12(10-21)24-16-19-8-11(17)9-20-16/h3-4,6,8-9,12H,2,5,7,10H2,1H3/t12-/m0/s1. The van der Waals surface area contributed by atoms with E-state index in [1.54, 1.807) is 23.2 Å². The Morgan fingerprint density at radius 2 is 2.17 bits per heavy atom. The molecule has 1 amide bonds. The van der Waals surface area contributed by atoms with Gasteiger partial charge in [-0.15, -0.1) is 0 Å². The van der Waals surface area contributed by atoms with Crippen LogP contribution in [0.4, 0.5) is 4.39 Å². The van der Waals surface area contributed by atoms with Gasteiger partial charge in [0.15, 0.2) is 5.82 Å². The maximum Gasteiger partial charge on any atom is 0.316 e. The van der Waals surface area contributed by atoms with Crippen LogP contribution in [0.15, 0.2) is 30.7 Å². The predicted octanol–water partition coefficient (Wildman–Crippen LogP) is 1.70. The topological polar surface area (TPSA) is 77.4 Å². The molecule has 0 spiro atoms. The molecule has 8 heteroatoms. The molecule has 3 heterocycles. The molecular weight excluding hydrogens is 315 g/mol. The fraction of sp³-hybridized carbons (Fsp3) is 0.375. The second-order valence-electron chi connectivity index (χ2n) is 5.25. The Hall–Kier alpha value is -2.77. The first-order valence-electron chi connectivity index (χ1n) is 7.68. The summed E-state index contributed by atoms with van der Waals surface area (Å²) >= 11 is 0. The molecule has 1 aliphatic heterocycles. The first-order valence-corrected chi connectivity index (χ1v) is 7.68. The number of likely N-dealkylation sites (tertiary alicyclic amines) is 1. The van der Waals surface area contributed by atoms with Crippen LogP contribution in [0, 0.1) is 5.82 Å². The van der Waals surface area contributed by atoms with Crippen molar-refractivity contribution < 1.29 is 18.7 Å². The van der Waals surface area contributed by atoms with Gasteiger partial charge < -0.3 is 14.4 Å². The minimum Gasteiger partial charge on any atom is -0.477 e. The first kappa shape index (κ1) is 16.1. The molecule has 0 saturated carbocycles. The minimum atomic E-state index is -0.523. The van der Waals surface area contributed by atoms with E-state index in [0.29, 0.717) is 37.6 Å². The molecule has 24 heavy (non-hydrogen) atoms. The quantitative estimate of drug-likeness (QED) is 0.829. The monoisotopic (exact) mass is 332 g/mol. The number of amides is 1.